The molecule has 2 N–H and O–H groups in total. The van der Waals surface area contributed by atoms with Crippen LogP contribution in [0.1, 0.15) is 6.92 Å². The first-order chi connectivity index (χ1) is 9.65. The predicted octanol–water partition coefficient (Wildman–Crippen LogP) is 2.36. The third kappa shape index (κ3) is 6.20. The summed E-state index contributed by atoms with van der Waals surface area (Å²) in [5.41, 5.74) is 0.783. The number of allylic oxidation sites excluding steroid dienone is 7. The predicted molar refractivity (Wildman–Crippen MR) is 84.3 cm³/mol. The highest BCUT2D eigenvalue weighted by Gasteiger charge is 2.26. The fourth-order valence-electron chi connectivity index (χ4n) is 1.86. The van der Waals surface area contributed by atoms with E-state index in [0.29, 0.717) is 0 Å². The summed E-state index contributed by atoms with van der Waals surface area (Å²) in [6.07, 6.45) is 13.1. The lowest BCUT2D eigenvalue weighted by Crippen LogP contribution is -2.60. The Morgan fingerprint density at radius 3 is 2.65 bits per heavy atom. The molecule has 1 saturated heterocycles. The van der Waals surface area contributed by atoms with Crippen molar-refractivity contribution in [2.45, 2.75) is 13.0 Å². The molecule has 1 fully saturated rings. The van der Waals surface area contributed by atoms with Crippen LogP contribution in [0.5, 0.6) is 0 Å². The van der Waals surface area contributed by atoms with Gasteiger partial charge in [-0.2, -0.15) is 0 Å². The molecule has 0 unspecified atom stereocenters. The molecule has 1 heterocycles. The van der Waals surface area contributed by atoms with Gasteiger partial charge in [-0.25, -0.2) is 4.79 Å². The van der Waals surface area contributed by atoms with Gasteiger partial charge in [0.05, 0.1) is 6.04 Å². The molecule has 4 nitrogen and oxygen atoms in total. The Bertz CT molecular complexity index is 429. The molecule has 0 aromatic carbocycles. The Hall–Kier alpha value is -2.07. The van der Waals surface area contributed by atoms with Crippen molar-refractivity contribution in [3.63, 3.8) is 0 Å². The molecule has 0 bridgehead atoms. The molecule has 1 aliphatic heterocycles. The molecule has 1 rings (SSSR count). The lowest BCUT2D eigenvalue weighted by Gasteiger charge is -2.38. The number of carbonyl (C=O) groups excluding carboxylic acids is 1. The standard InChI is InChI=1S/C16H23N3O/c1-4-6-7-8-9-11-19-12-15(13-19)18-16(20)17-14(3)10-5-2/h4-10,15H,1-2,11-13H2,3H3,(H2,17,18,20)/b7-6-,9-8+,14-10+. The summed E-state index contributed by atoms with van der Waals surface area (Å²) >= 11 is 0. The summed E-state index contributed by atoms with van der Waals surface area (Å²) in [6.45, 7) is 11.7. The highest BCUT2D eigenvalue weighted by atomic mass is 16.2. The van der Waals surface area contributed by atoms with E-state index in [1.807, 2.05) is 25.2 Å². The van der Waals surface area contributed by atoms with Crippen molar-refractivity contribution in [3.8, 4) is 0 Å². The molecule has 0 aromatic rings. The highest BCUT2D eigenvalue weighted by molar-refractivity contribution is 5.76. The maximum atomic E-state index is 11.6. The highest BCUT2D eigenvalue weighted by Crippen LogP contribution is 2.07. The number of carbonyl (C=O) groups is 1. The topological polar surface area (TPSA) is 44.4 Å². The van der Waals surface area contributed by atoms with Crippen molar-refractivity contribution in [2.75, 3.05) is 19.6 Å². The second-order valence-electron chi connectivity index (χ2n) is 4.65. The lowest BCUT2D eigenvalue weighted by atomic mass is 10.1. The minimum absolute atomic E-state index is 0.158. The lowest BCUT2D eigenvalue weighted by molar-refractivity contribution is 0.145. The molecule has 1 aliphatic rings. The average molecular weight is 273 g/mol. The Labute approximate surface area is 121 Å². The molecule has 2 amide bonds. The van der Waals surface area contributed by atoms with Gasteiger partial charge in [-0.15, -0.1) is 0 Å². The van der Waals surface area contributed by atoms with Crippen molar-refractivity contribution >= 4 is 6.03 Å². The molecule has 0 aliphatic carbocycles. The van der Waals surface area contributed by atoms with Gasteiger partial charge < -0.3 is 10.6 Å². The maximum Gasteiger partial charge on any atom is 0.319 e. The van der Waals surface area contributed by atoms with Gasteiger partial charge >= 0.3 is 6.03 Å². The number of rotatable bonds is 7. The summed E-state index contributed by atoms with van der Waals surface area (Å²) in [5.74, 6) is 0. The van der Waals surface area contributed by atoms with Crippen LogP contribution in [0.2, 0.25) is 0 Å². The minimum Gasteiger partial charge on any atom is -0.333 e. The number of urea groups is 1. The van der Waals surface area contributed by atoms with E-state index in [-0.39, 0.29) is 12.1 Å². The molecular weight excluding hydrogens is 250 g/mol. The van der Waals surface area contributed by atoms with Gasteiger partial charge in [-0.3, -0.25) is 4.90 Å². The average Bonchev–Trinajstić information content (AvgIpc) is 2.35. The fourth-order valence-corrected chi connectivity index (χ4v) is 1.86. The van der Waals surface area contributed by atoms with Crippen LogP contribution in [0.25, 0.3) is 0 Å². The van der Waals surface area contributed by atoms with Crippen LogP contribution in [-0.4, -0.2) is 36.6 Å². The van der Waals surface area contributed by atoms with E-state index in [1.54, 1.807) is 18.2 Å². The number of hydrogen-bond donors (Lipinski definition) is 2. The van der Waals surface area contributed by atoms with Gasteiger partial charge in [-0.1, -0.05) is 49.6 Å². The van der Waals surface area contributed by atoms with Crippen molar-refractivity contribution in [3.05, 3.63) is 61.4 Å². The van der Waals surface area contributed by atoms with Gasteiger partial charge in [0.2, 0.25) is 0 Å². The number of hydrogen-bond acceptors (Lipinski definition) is 2. The van der Waals surface area contributed by atoms with Crippen LogP contribution in [0, 0.1) is 0 Å². The number of likely N-dealkylation sites (tertiary alicyclic amines) is 1. The van der Waals surface area contributed by atoms with Crippen LogP contribution in [0.15, 0.2) is 61.4 Å². The minimum atomic E-state index is -0.158. The van der Waals surface area contributed by atoms with Crippen LogP contribution in [0.3, 0.4) is 0 Å². The third-order valence-electron chi connectivity index (χ3n) is 2.83. The zero-order chi connectivity index (χ0) is 14.8. The Kier molecular flexibility index (Phi) is 7.14. The van der Waals surface area contributed by atoms with Gasteiger partial charge in [0.25, 0.3) is 0 Å². The SMILES string of the molecule is C=C/C=C\C=C\CN1CC(NC(=O)N/C(C)=C/C=C)C1. The van der Waals surface area contributed by atoms with Gasteiger partial charge in [0, 0.05) is 25.3 Å². The molecule has 0 saturated carbocycles. The summed E-state index contributed by atoms with van der Waals surface area (Å²) in [7, 11) is 0. The molecule has 0 spiro atoms. The molecule has 4 heteroatoms. The quantitative estimate of drug-likeness (QED) is 0.699. The second kappa shape index (κ2) is 8.93. The van der Waals surface area contributed by atoms with E-state index in [4.69, 9.17) is 0 Å². The zero-order valence-electron chi connectivity index (χ0n) is 12.0. The van der Waals surface area contributed by atoms with Gasteiger partial charge in [0.1, 0.15) is 0 Å². The number of amides is 2. The maximum absolute atomic E-state index is 11.6. The monoisotopic (exact) mass is 273 g/mol. The molecule has 0 radical (unpaired) electrons. The van der Waals surface area contributed by atoms with Gasteiger partial charge in [0.15, 0.2) is 0 Å². The Morgan fingerprint density at radius 2 is 2.00 bits per heavy atom. The number of nitrogens with zero attached hydrogens (tertiary/aromatic N) is 1. The van der Waals surface area contributed by atoms with Crippen molar-refractivity contribution < 1.29 is 4.79 Å². The summed E-state index contributed by atoms with van der Waals surface area (Å²) in [4.78, 5) is 13.9. The molecule has 0 atom stereocenters. The van der Waals surface area contributed by atoms with E-state index in [1.165, 1.54) is 0 Å². The summed E-state index contributed by atoms with van der Waals surface area (Å²) in [6, 6.07) is 0.0679. The normalized spacial score (nSPS) is 17.1. The third-order valence-corrected chi connectivity index (χ3v) is 2.83. The molecule has 20 heavy (non-hydrogen) atoms. The van der Waals surface area contributed by atoms with Crippen LogP contribution in [0.4, 0.5) is 4.79 Å². The van der Waals surface area contributed by atoms with E-state index in [0.717, 1.165) is 25.3 Å². The second-order valence-corrected chi connectivity index (χ2v) is 4.65. The van der Waals surface area contributed by atoms with Crippen molar-refractivity contribution in [1.82, 2.24) is 15.5 Å². The van der Waals surface area contributed by atoms with Gasteiger partial charge in [-0.05, 0) is 13.0 Å². The first-order valence-corrected chi connectivity index (χ1v) is 6.69. The fraction of sp³-hybridized carbons (Fsp3) is 0.312. The first kappa shape index (κ1) is 16.0. The van der Waals surface area contributed by atoms with Crippen LogP contribution < -0.4 is 10.6 Å². The van der Waals surface area contributed by atoms with E-state index in [9.17, 15) is 4.79 Å². The van der Waals surface area contributed by atoms with Crippen LogP contribution in [-0.2, 0) is 0 Å². The molecule has 108 valence electrons. The summed E-state index contributed by atoms with van der Waals surface area (Å²) in [5, 5.41) is 5.68. The first-order valence-electron chi connectivity index (χ1n) is 6.69. The summed E-state index contributed by atoms with van der Waals surface area (Å²) < 4.78 is 0. The van der Waals surface area contributed by atoms with Crippen molar-refractivity contribution in [1.29, 1.82) is 0 Å². The van der Waals surface area contributed by atoms with Crippen LogP contribution >= 0.6 is 0 Å². The Balaban J connectivity index is 2.15. The smallest absolute Gasteiger partial charge is 0.319 e. The zero-order valence-corrected chi connectivity index (χ0v) is 12.0. The van der Waals surface area contributed by atoms with E-state index < -0.39 is 0 Å². The molecular formula is C16H23N3O. The van der Waals surface area contributed by atoms with E-state index >= 15 is 0 Å². The largest absolute Gasteiger partial charge is 0.333 e. The number of nitrogens with one attached hydrogen (secondary N) is 2. The Morgan fingerprint density at radius 1 is 1.25 bits per heavy atom. The van der Waals surface area contributed by atoms with E-state index in [2.05, 4.69) is 34.8 Å². The molecule has 0 aromatic heterocycles. The van der Waals surface area contributed by atoms with Crippen molar-refractivity contribution in [2.24, 2.45) is 0 Å².